The van der Waals surface area contributed by atoms with Crippen molar-refractivity contribution >= 4 is 23.2 Å². The molecule has 1 heterocycles. The van der Waals surface area contributed by atoms with Gasteiger partial charge in [-0.3, -0.25) is 0 Å². The van der Waals surface area contributed by atoms with E-state index in [9.17, 15) is 0 Å². The van der Waals surface area contributed by atoms with Gasteiger partial charge in [-0.05, 0) is 24.3 Å². The zero-order valence-electron chi connectivity index (χ0n) is 8.52. The largest absolute Gasteiger partial charge is 0.453 e. The van der Waals surface area contributed by atoms with Crippen molar-refractivity contribution in [2.45, 2.75) is 0 Å². The molecule has 0 aliphatic carbocycles. The molecular formula is C12H6Cl2N2O. The fourth-order valence-corrected chi connectivity index (χ4v) is 1.55. The smallest absolute Gasteiger partial charge is 0.183 e. The van der Waals surface area contributed by atoms with Crippen molar-refractivity contribution in [3.63, 3.8) is 0 Å². The zero-order valence-corrected chi connectivity index (χ0v) is 10.0. The minimum atomic E-state index is 0.198. The SMILES string of the molecule is N#Cc1ncccc1Oc1cc(Cl)ccc1Cl. The van der Waals surface area contributed by atoms with Crippen LogP contribution in [0.4, 0.5) is 0 Å². The van der Waals surface area contributed by atoms with E-state index in [1.807, 2.05) is 6.07 Å². The van der Waals surface area contributed by atoms with Crippen molar-refractivity contribution in [3.05, 3.63) is 52.3 Å². The molecule has 0 amide bonds. The molecule has 0 fully saturated rings. The second-order valence-corrected chi connectivity index (χ2v) is 3.98. The maximum absolute atomic E-state index is 8.87. The highest BCUT2D eigenvalue weighted by atomic mass is 35.5. The molecule has 17 heavy (non-hydrogen) atoms. The van der Waals surface area contributed by atoms with Crippen molar-refractivity contribution < 1.29 is 4.74 Å². The van der Waals surface area contributed by atoms with Gasteiger partial charge in [0.15, 0.2) is 11.4 Å². The maximum atomic E-state index is 8.87. The average Bonchev–Trinajstić information content (AvgIpc) is 2.34. The van der Waals surface area contributed by atoms with Gasteiger partial charge in [0.25, 0.3) is 0 Å². The average molecular weight is 265 g/mol. The van der Waals surface area contributed by atoms with Crippen LogP contribution < -0.4 is 4.74 Å². The minimum absolute atomic E-state index is 0.198. The molecule has 0 spiro atoms. The summed E-state index contributed by atoms with van der Waals surface area (Å²) in [6.45, 7) is 0. The van der Waals surface area contributed by atoms with Gasteiger partial charge in [-0.15, -0.1) is 0 Å². The van der Waals surface area contributed by atoms with Crippen molar-refractivity contribution in [1.82, 2.24) is 4.98 Å². The van der Waals surface area contributed by atoms with E-state index < -0.39 is 0 Å². The van der Waals surface area contributed by atoms with Crippen LogP contribution in [0.1, 0.15) is 5.69 Å². The Bertz CT molecular complexity index is 593. The van der Waals surface area contributed by atoms with Crippen LogP contribution in [-0.4, -0.2) is 4.98 Å². The number of nitriles is 1. The summed E-state index contributed by atoms with van der Waals surface area (Å²) in [7, 11) is 0. The Balaban J connectivity index is 2.38. The van der Waals surface area contributed by atoms with Gasteiger partial charge in [0, 0.05) is 17.3 Å². The Hall–Kier alpha value is -1.76. The van der Waals surface area contributed by atoms with E-state index in [1.54, 1.807) is 30.3 Å². The molecule has 2 rings (SSSR count). The summed E-state index contributed by atoms with van der Waals surface area (Å²) in [4.78, 5) is 3.88. The summed E-state index contributed by atoms with van der Waals surface area (Å²) in [5.41, 5.74) is 0.198. The number of nitrogens with zero attached hydrogens (tertiary/aromatic N) is 2. The summed E-state index contributed by atoms with van der Waals surface area (Å²) in [6.07, 6.45) is 1.52. The van der Waals surface area contributed by atoms with Crippen LogP contribution in [0.25, 0.3) is 0 Å². The predicted molar refractivity (Wildman–Crippen MR) is 65.5 cm³/mol. The summed E-state index contributed by atoms with van der Waals surface area (Å²) in [5.74, 6) is 0.739. The molecule has 5 heteroatoms. The van der Waals surface area contributed by atoms with Crippen molar-refractivity contribution in [2.24, 2.45) is 0 Å². The van der Waals surface area contributed by atoms with E-state index in [2.05, 4.69) is 4.98 Å². The van der Waals surface area contributed by atoms with Crippen LogP contribution in [0.5, 0.6) is 11.5 Å². The zero-order chi connectivity index (χ0) is 12.3. The van der Waals surface area contributed by atoms with Gasteiger partial charge in [0.1, 0.15) is 11.8 Å². The second-order valence-electron chi connectivity index (χ2n) is 3.14. The molecule has 1 aromatic heterocycles. The highest BCUT2D eigenvalue weighted by Crippen LogP contribution is 2.32. The number of hydrogen-bond donors (Lipinski definition) is 0. The molecule has 0 saturated carbocycles. The molecule has 0 saturated heterocycles. The molecule has 2 aromatic rings. The van der Waals surface area contributed by atoms with Crippen LogP contribution in [-0.2, 0) is 0 Å². The monoisotopic (exact) mass is 264 g/mol. The molecule has 0 bridgehead atoms. The van der Waals surface area contributed by atoms with E-state index in [4.69, 9.17) is 33.2 Å². The van der Waals surface area contributed by atoms with Gasteiger partial charge in [-0.25, -0.2) is 4.98 Å². The highest BCUT2D eigenvalue weighted by Gasteiger charge is 2.08. The first kappa shape index (κ1) is 11.7. The topological polar surface area (TPSA) is 45.9 Å². The van der Waals surface area contributed by atoms with E-state index in [1.165, 1.54) is 6.20 Å². The maximum Gasteiger partial charge on any atom is 0.183 e. The van der Waals surface area contributed by atoms with Crippen LogP contribution in [0.15, 0.2) is 36.5 Å². The molecule has 3 nitrogen and oxygen atoms in total. The van der Waals surface area contributed by atoms with Gasteiger partial charge in [0.2, 0.25) is 0 Å². The number of rotatable bonds is 2. The third kappa shape index (κ3) is 2.68. The minimum Gasteiger partial charge on any atom is -0.453 e. The molecule has 0 aliphatic heterocycles. The molecule has 0 radical (unpaired) electrons. The van der Waals surface area contributed by atoms with E-state index in [0.717, 1.165) is 0 Å². The van der Waals surface area contributed by atoms with Gasteiger partial charge < -0.3 is 4.74 Å². The third-order valence-electron chi connectivity index (χ3n) is 1.99. The lowest BCUT2D eigenvalue weighted by molar-refractivity contribution is 0.478. The lowest BCUT2D eigenvalue weighted by atomic mass is 10.3. The number of ether oxygens (including phenoxy) is 1. The Kier molecular flexibility index (Phi) is 3.48. The first-order chi connectivity index (χ1) is 8.20. The molecular weight excluding hydrogens is 259 g/mol. The molecule has 0 aliphatic rings. The lowest BCUT2D eigenvalue weighted by Gasteiger charge is -2.08. The standard InChI is InChI=1S/C12H6Cl2N2O/c13-8-3-4-9(14)12(6-8)17-11-2-1-5-16-10(11)7-15/h1-6H. The van der Waals surface area contributed by atoms with Gasteiger partial charge >= 0.3 is 0 Å². The fraction of sp³-hybridized carbons (Fsp3) is 0. The number of halogens is 2. The molecule has 0 unspecified atom stereocenters. The molecule has 84 valence electrons. The number of aromatic nitrogens is 1. The van der Waals surface area contributed by atoms with Crippen LogP contribution in [0.2, 0.25) is 10.0 Å². The summed E-state index contributed by atoms with van der Waals surface area (Å²) in [5, 5.41) is 9.79. The van der Waals surface area contributed by atoms with Crippen LogP contribution in [0.3, 0.4) is 0 Å². The first-order valence-electron chi connectivity index (χ1n) is 4.69. The van der Waals surface area contributed by atoms with Gasteiger partial charge in [-0.2, -0.15) is 5.26 Å². The summed E-state index contributed by atoms with van der Waals surface area (Å²) in [6, 6.07) is 10.1. The number of pyridine rings is 1. The Morgan fingerprint density at radius 2 is 2.00 bits per heavy atom. The van der Waals surface area contributed by atoms with Crippen LogP contribution in [0, 0.1) is 11.3 Å². The lowest BCUT2D eigenvalue weighted by Crippen LogP contribution is -1.91. The number of hydrogen-bond acceptors (Lipinski definition) is 3. The van der Waals surface area contributed by atoms with Crippen LogP contribution >= 0.6 is 23.2 Å². The Morgan fingerprint density at radius 3 is 2.76 bits per heavy atom. The molecule has 1 aromatic carbocycles. The number of benzene rings is 1. The van der Waals surface area contributed by atoms with Crippen molar-refractivity contribution in [2.75, 3.05) is 0 Å². The molecule has 0 atom stereocenters. The first-order valence-corrected chi connectivity index (χ1v) is 5.44. The fourth-order valence-electron chi connectivity index (χ4n) is 1.23. The third-order valence-corrected chi connectivity index (χ3v) is 2.54. The van der Waals surface area contributed by atoms with E-state index in [0.29, 0.717) is 21.5 Å². The van der Waals surface area contributed by atoms with E-state index in [-0.39, 0.29) is 5.69 Å². The summed E-state index contributed by atoms with van der Waals surface area (Å²) >= 11 is 11.8. The Morgan fingerprint density at radius 1 is 1.18 bits per heavy atom. The van der Waals surface area contributed by atoms with Crippen molar-refractivity contribution in [1.29, 1.82) is 5.26 Å². The van der Waals surface area contributed by atoms with E-state index >= 15 is 0 Å². The van der Waals surface area contributed by atoms with Gasteiger partial charge in [-0.1, -0.05) is 23.2 Å². The van der Waals surface area contributed by atoms with Gasteiger partial charge in [0.05, 0.1) is 5.02 Å². The second kappa shape index (κ2) is 5.05. The predicted octanol–water partition coefficient (Wildman–Crippen LogP) is 4.05. The van der Waals surface area contributed by atoms with Crippen molar-refractivity contribution in [3.8, 4) is 17.6 Å². The highest BCUT2D eigenvalue weighted by molar-refractivity contribution is 6.34. The quantitative estimate of drug-likeness (QED) is 0.822. The summed E-state index contributed by atoms with van der Waals surface area (Å²) < 4.78 is 5.51. The Labute approximate surface area is 108 Å². The normalized spacial score (nSPS) is 9.71. The molecule has 0 N–H and O–H groups in total.